The highest BCUT2D eigenvalue weighted by molar-refractivity contribution is 5.48. The third kappa shape index (κ3) is 5.90. The van der Waals surface area contributed by atoms with E-state index >= 15 is 0 Å². The van der Waals surface area contributed by atoms with Gasteiger partial charge in [-0.3, -0.25) is 0 Å². The van der Waals surface area contributed by atoms with Gasteiger partial charge in [0.2, 0.25) is 0 Å². The Morgan fingerprint density at radius 3 is 2.42 bits per heavy atom. The molecule has 1 atom stereocenters. The molecule has 1 aromatic rings. The smallest absolute Gasteiger partial charge is 0.133 e. The van der Waals surface area contributed by atoms with Crippen molar-refractivity contribution in [1.29, 1.82) is 0 Å². The molecule has 4 heteroatoms. The minimum Gasteiger partial charge on any atom is -0.370 e. The van der Waals surface area contributed by atoms with Gasteiger partial charge in [0.05, 0.1) is 0 Å². The van der Waals surface area contributed by atoms with E-state index in [0.29, 0.717) is 6.04 Å². The molecular weight excluding hydrogens is 236 g/mol. The molecule has 1 heterocycles. The molecule has 0 radical (unpaired) electrons. The van der Waals surface area contributed by atoms with Crippen LogP contribution in [-0.4, -0.2) is 22.6 Å². The van der Waals surface area contributed by atoms with E-state index in [-0.39, 0.29) is 0 Å². The van der Waals surface area contributed by atoms with Crippen molar-refractivity contribution < 1.29 is 0 Å². The van der Waals surface area contributed by atoms with Crippen LogP contribution in [0.5, 0.6) is 0 Å². The van der Waals surface area contributed by atoms with Crippen LogP contribution in [0.2, 0.25) is 0 Å². The van der Waals surface area contributed by atoms with Gasteiger partial charge in [-0.25, -0.2) is 9.97 Å². The minimum absolute atomic E-state index is 0.452. The van der Waals surface area contributed by atoms with E-state index in [9.17, 15) is 0 Å². The van der Waals surface area contributed by atoms with Gasteiger partial charge in [-0.15, -0.1) is 0 Å². The molecular formula is C15H28N4. The fourth-order valence-electron chi connectivity index (χ4n) is 2.01. The van der Waals surface area contributed by atoms with Gasteiger partial charge in [0.1, 0.15) is 17.5 Å². The Balaban J connectivity index is 2.79. The van der Waals surface area contributed by atoms with Crippen molar-refractivity contribution in [2.45, 2.75) is 65.8 Å². The quantitative estimate of drug-likeness (QED) is 0.711. The highest BCUT2D eigenvalue weighted by Gasteiger charge is 2.06. The molecule has 0 aromatic carbocycles. The van der Waals surface area contributed by atoms with Gasteiger partial charge in [0.25, 0.3) is 0 Å². The van der Waals surface area contributed by atoms with Crippen molar-refractivity contribution in [1.82, 2.24) is 9.97 Å². The van der Waals surface area contributed by atoms with Crippen molar-refractivity contribution in [3.05, 3.63) is 11.9 Å². The van der Waals surface area contributed by atoms with Crippen molar-refractivity contribution in [3.63, 3.8) is 0 Å². The van der Waals surface area contributed by atoms with Crippen LogP contribution in [0.25, 0.3) is 0 Å². The summed E-state index contributed by atoms with van der Waals surface area (Å²) in [6, 6.07) is 2.47. The first kappa shape index (κ1) is 15.7. The molecule has 108 valence electrons. The first-order valence-corrected chi connectivity index (χ1v) is 7.57. The van der Waals surface area contributed by atoms with Crippen molar-refractivity contribution in [2.24, 2.45) is 0 Å². The van der Waals surface area contributed by atoms with E-state index in [1.165, 1.54) is 6.42 Å². The summed E-state index contributed by atoms with van der Waals surface area (Å²) < 4.78 is 0. The first-order chi connectivity index (χ1) is 9.19. The number of rotatable bonds is 9. The molecule has 4 nitrogen and oxygen atoms in total. The summed E-state index contributed by atoms with van der Waals surface area (Å²) in [5.74, 6) is 2.80. The summed E-state index contributed by atoms with van der Waals surface area (Å²) in [6.45, 7) is 9.66. The normalized spacial score (nSPS) is 12.2. The predicted molar refractivity (Wildman–Crippen MR) is 82.8 cm³/mol. The Labute approximate surface area is 117 Å². The zero-order valence-corrected chi connectivity index (χ0v) is 12.8. The maximum atomic E-state index is 4.59. The fraction of sp³-hybridized carbons (Fsp3) is 0.733. The summed E-state index contributed by atoms with van der Waals surface area (Å²) in [6.07, 6.45) is 5.44. The molecule has 19 heavy (non-hydrogen) atoms. The van der Waals surface area contributed by atoms with Gasteiger partial charge in [-0.2, -0.15) is 0 Å². The molecule has 0 aliphatic carbocycles. The van der Waals surface area contributed by atoms with E-state index in [1.807, 2.05) is 6.07 Å². The molecule has 2 N–H and O–H groups in total. The van der Waals surface area contributed by atoms with Crippen LogP contribution in [0.15, 0.2) is 6.07 Å². The average molecular weight is 264 g/mol. The van der Waals surface area contributed by atoms with Crippen LogP contribution in [0.3, 0.4) is 0 Å². The average Bonchev–Trinajstić information content (AvgIpc) is 2.36. The van der Waals surface area contributed by atoms with Crippen LogP contribution < -0.4 is 10.6 Å². The van der Waals surface area contributed by atoms with E-state index < -0.39 is 0 Å². The Kier molecular flexibility index (Phi) is 7.23. The topological polar surface area (TPSA) is 49.8 Å². The molecule has 0 aliphatic heterocycles. The Morgan fingerprint density at radius 1 is 1.05 bits per heavy atom. The monoisotopic (exact) mass is 264 g/mol. The molecule has 0 saturated carbocycles. The lowest BCUT2D eigenvalue weighted by Gasteiger charge is -2.15. The lowest BCUT2D eigenvalue weighted by molar-refractivity contribution is 0.685. The molecule has 0 amide bonds. The van der Waals surface area contributed by atoms with Crippen molar-refractivity contribution in [2.75, 3.05) is 17.2 Å². The van der Waals surface area contributed by atoms with Gasteiger partial charge >= 0.3 is 0 Å². The molecule has 1 aromatic heterocycles. The summed E-state index contributed by atoms with van der Waals surface area (Å²) >= 11 is 0. The summed E-state index contributed by atoms with van der Waals surface area (Å²) in [7, 11) is 0. The Bertz CT molecular complexity index is 365. The SMILES string of the molecule is CCCNc1cc(NC(C)CCC)nc(CCC)n1. The Morgan fingerprint density at radius 2 is 1.79 bits per heavy atom. The molecule has 0 fully saturated rings. The second-order valence-electron chi connectivity index (χ2n) is 5.07. The number of hydrogen-bond donors (Lipinski definition) is 2. The second-order valence-corrected chi connectivity index (χ2v) is 5.07. The van der Waals surface area contributed by atoms with Gasteiger partial charge in [-0.1, -0.05) is 27.2 Å². The van der Waals surface area contributed by atoms with Gasteiger partial charge in [-0.05, 0) is 26.2 Å². The molecule has 0 aliphatic rings. The van der Waals surface area contributed by atoms with E-state index in [2.05, 4.69) is 48.3 Å². The summed E-state index contributed by atoms with van der Waals surface area (Å²) in [5.41, 5.74) is 0. The van der Waals surface area contributed by atoms with E-state index in [4.69, 9.17) is 0 Å². The van der Waals surface area contributed by atoms with Crippen LogP contribution >= 0.6 is 0 Å². The molecule has 0 spiro atoms. The largest absolute Gasteiger partial charge is 0.370 e. The lowest BCUT2D eigenvalue weighted by atomic mass is 10.2. The second kappa shape index (κ2) is 8.73. The predicted octanol–water partition coefficient (Wildman–Crippen LogP) is 3.85. The number of anilines is 2. The standard InChI is InChI=1S/C15H28N4/c1-5-8-12(4)17-15-11-14(16-10-7-3)18-13(19-15)9-6-2/h11-12H,5-10H2,1-4H3,(H2,16,17,18,19). The summed E-state index contributed by atoms with van der Waals surface area (Å²) in [4.78, 5) is 9.14. The molecule has 1 unspecified atom stereocenters. The highest BCUT2D eigenvalue weighted by atomic mass is 15.1. The Hall–Kier alpha value is -1.32. The van der Waals surface area contributed by atoms with Gasteiger partial charge < -0.3 is 10.6 Å². The fourth-order valence-corrected chi connectivity index (χ4v) is 2.01. The van der Waals surface area contributed by atoms with Gasteiger partial charge in [0.15, 0.2) is 0 Å². The number of nitrogens with one attached hydrogen (secondary N) is 2. The molecule has 1 rings (SSSR count). The number of aryl methyl sites for hydroxylation is 1. The van der Waals surface area contributed by atoms with E-state index in [1.54, 1.807) is 0 Å². The third-order valence-electron chi connectivity index (χ3n) is 2.92. The number of hydrogen-bond acceptors (Lipinski definition) is 4. The first-order valence-electron chi connectivity index (χ1n) is 7.57. The number of nitrogens with zero attached hydrogens (tertiary/aromatic N) is 2. The van der Waals surface area contributed by atoms with Gasteiger partial charge in [0, 0.05) is 25.1 Å². The van der Waals surface area contributed by atoms with Crippen LogP contribution in [-0.2, 0) is 6.42 Å². The third-order valence-corrected chi connectivity index (χ3v) is 2.92. The van der Waals surface area contributed by atoms with Crippen LogP contribution in [0, 0.1) is 0 Å². The maximum Gasteiger partial charge on any atom is 0.133 e. The highest BCUT2D eigenvalue weighted by Crippen LogP contribution is 2.14. The van der Waals surface area contributed by atoms with Crippen LogP contribution in [0.1, 0.15) is 59.2 Å². The molecule has 0 bridgehead atoms. The zero-order valence-electron chi connectivity index (χ0n) is 12.8. The lowest BCUT2D eigenvalue weighted by Crippen LogP contribution is -2.17. The summed E-state index contributed by atoms with van der Waals surface area (Å²) in [5, 5.41) is 6.81. The minimum atomic E-state index is 0.452. The van der Waals surface area contributed by atoms with E-state index in [0.717, 1.165) is 49.7 Å². The van der Waals surface area contributed by atoms with Crippen molar-refractivity contribution >= 4 is 11.6 Å². The number of aromatic nitrogens is 2. The van der Waals surface area contributed by atoms with Crippen LogP contribution in [0.4, 0.5) is 11.6 Å². The van der Waals surface area contributed by atoms with Crippen molar-refractivity contribution in [3.8, 4) is 0 Å². The molecule has 0 saturated heterocycles. The maximum absolute atomic E-state index is 4.59. The zero-order chi connectivity index (χ0) is 14.1.